The fourth-order valence-corrected chi connectivity index (χ4v) is 4.34. The van der Waals surface area contributed by atoms with E-state index in [0.29, 0.717) is 5.92 Å². The normalized spacial score (nSPS) is 25.4. The van der Waals surface area contributed by atoms with Crippen LogP contribution in [0.25, 0.3) is 0 Å². The summed E-state index contributed by atoms with van der Waals surface area (Å²) in [6, 6.07) is 0. The molecule has 0 saturated carbocycles. The molecule has 0 amide bonds. The Labute approximate surface area is 152 Å². The number of aliphatic hydroxyl groups excluding tert-OH is 1. The number of aromatic nitrogens is 3. The first kappa shape index (κ1) is 18.8. The third kappa shape index (κ3) is 5.50. The lowest BCUT2D eigenvalue weighted by Gasteiger charge is -2.36. The Morgan fingerprint density at radius 1 is 1.08 bits per heavy atom. The summed E-state index contributed by atoms with van der Waals surface area (Å²) in [6.45, 7) is 13.4. The molecule has 6 nitrogen and oxygen atoms in total. The Balaban J connectivity index is 1.44. The number of likely N-dealkylation sites (tertiary alicyclic amines) is 2. The van der Waals surface area contributed by atoms with Gasteiger partial charge in [-0.25, -0.2) is 9.67 Å². The zero-order chi connectivity index (χ0) is 17.8. The Bertz CT molecular complexity index is 538. The largest absolute Gasteiger partial charge is 0.390 e. The second kappa shape index (κ2) is 8.60. The summed E-state index contributed by atoms with van der Waals surface area (Å²) in [7, 11) is 0. The minimum atomic E-state index is -0.234. The molecule has 25 heavy (non-hydrogen) atoms. The van der Waals surface area contributed by atoms with Crippen LogP contribution in [0.15, 0.2) is 0 Å². The third-order valence-electron chi connectivity index (χ3n) is 5.81. The first-order valence-corrected chi connectivity index (χ1v) is 10.0. The monoisotopic (exact) mass is 349 g/mol. The van der Waals surface area contributed by atoms with E-state index in [1.807, 2.05) is 13.8 Å². The van der Waals surface area contributed by atoms with E-state index in [0.717, 1.165) is 63.4 Å². The van der Waals surface area contributed by atoms with Crippen molar-refractivity contribution in [3.8, 4) is 0 Å². The molecule has 0 bridgehead atoms. The molecule has 1 aromatic heterocycles. The Morgan fingerprint density at radius 3 is 2.48 bits per heavy atom. The first-order valence-electron chi connectivity index (χ1n) is 10.0. The summed E-state index contributed by atoms with van der Waals surface area (Å²) in [5.41, 5.74) is 0. The maximum absolute atomic E-state index is 10.5. The molecule has 2 aliphatic rings. The van der Waals surface area contributed by atoms with Crippen LogP contribution < -0.4 is 0 Å². The van der Waals surface area contributed by atoms with Crippen molar-refractivity contribution < 1.29 is 5.11 Å². The van der Waals surface area contributed by atoms with Gasteiger partial charge in [-0.3, -0.25) is 0 Å². The van der Waals surface area contributed by atoms with Crippen molar-refractivity contribution in [3.05, 3.63) is 11.6 Å². The molecule has 0 spiro atoms. The fourth-order valence-electron chi connectivity index (χ4n) is 4.34. The Kier molecular flexibility index (Phi) is 6.47. The summed E-state index contributed by atoms with van der Waals surface area (Å²) < 4.78 is 2.05. The lowest BCUT2D eigenvalue weighted by molar-refractivity contribution is 0.0455. The average molecular weight is 350 g/mol. The van der Waals surface area contributed by atoms with Gasteiger partial charge in [0.15, 0.2) is 0 Å². The molecule has 0 aromatic carbocycles. The molecular weight excluding hydrogens is 314 g/mol. The Morgan fingerprint density at radius 2 is 1.80 bits per heavy atom. The highest BCUT2D eigenvalue weighted by Gasteiger charge is 2.24. The summed E-state index contributed by atoms with van der Waals surface area (Å²) >= 11 is 0. The van der Waals surface area contributed by atoms with Crippen LogP contribution in [0.5, 0.6) is 0 Å². The minimum Gasteiger partial charge on any atom is -0.390 e. The van der Waals surface area contributed by atoms with Crippen LogP contribution >= 0.6 is 0 Å². The topological polar surface area (TPSA) is 57.4 Å². The molecule has 2 atom stereocenters. The van der Waals surface area contributed by atoms with Crippen molar-refractivity contribution in [2.24, 2.45) is 11.8 Å². The Hall–Kier alpha value is -0.980. The highest BCUT2D eigenvalue weighted by Crippen LogP contribution is 2.20. The van der Waals surface area contributed by atoms with Gasteiger partial charge in [-0.05, 0) is 71.0 Å². The van der Waals surface area contributed by atoms with E-state index >= 15 is 0 Å². The number of nitrogens with zero attached hydrogens (tertiary/aromatic N) is 5. The summed E-state index contributed by atoms with van der Waals surface area (Å²) in [5, 5.41) is 15.0. The van der Waals surface area contributed by atoms with Gasteiger partial charge in [-0.15, -0.1) is 0 Å². The molecule has 2 fully saturated rings. The van der Waals surface area contributed by atoms with Gasteiger partial charge in [-0.2, -0.15) is 5.10 Å². The first-order chi connectivity index (χ1) is 12.0. The summed E-state index contributed by atoms with van der Waals surface area (Å²) in [6.07, 6.45) is 4.77. The van der Waals surface area contributed by atoms with E-state index in [1.54, 1.807) is 0 Å². The van der Waals surface area contributed by atoms with Crippen LogP contribution in [0.2, 0.25) is 0 Å². The van der Waals surface area contributed by atoms with E-state index in [2.05, 4.69) is 31.5 Å². The second-order valence-electron chi connectivity index (χ2n) is 8.29. The standard InChI is InChI=1S/C19H35N5O/c1-15-6-9-22(10-7-15)13-19(25)14-23-8-4-5-18(11-23)12-24-17(3)20-16(2)21-24/h15,18-19,25H,4-14H2,1-3H3/t18-,19+/m0/s1. The van der Waals surface area contributed by atoms with E-state index in [-0.39, 0.29) is 6.10 Å². The lowest BCUT2D eigenvalue weighted by atomic mass is 9.97. The van der Waals surface area contributed by atoms with Gasteiger partial charge in [0, 0.05) is 26.2 Å². The van der Waals surface area contributed by atoms with Crippen molar-refractivity contribution >= 4 is 0 Å². The van der Waals surface area contributed by atoms with Crippen LogP contribution in [0, 0.1) is 25.7 Å². The van der Waals surface area contributed by atoms with Crippen molar-refractivity contribution in [2.75, 3.05) is 39.3 Å². The molecule has 2 saturated heterocycles. The van der Waals surface area contributed by atoms with E-state index in [1.165, 1.54) is 25.7 Å². The maximum Gasteiger partial charge on any atom is 0.147 e. The van der Waals surface area contributed by atoms with E-state index in [9.17, 15) is 5.11 Å². The molecular formula is C19H35N5O. The van der Waals surface area contributed by atoms with Gasteiger partial charge >= 0.3 is 0 Å². The number of hydrogen-bond donors (Lipinski definition) is 1. The zero-order valence-electron chi connectivity index (χ0n) is 16.2. The predicted octanol–water partition coefficient (Wildman–Crippen LogP) is 1.70. The van der Waals surface area contributed by atoms with Gasteiger partial charge in [0.25, 0.3) is 0 Å². The molecule has 1 N–H and O–H groups in total. The van der Waals surface area contributed by atoms with Crippen molar-refractivity contribution in [1.29, 1.82) is 0 Å². The van der Waals surface area contributed by atoms with Crippen LogP contribution in [-0.2, 0) is 6.54 Å². The van der Waals surface area contributed by atoms with E-state index in [4.69, 9.17) is 0 Å². The van der Waals surface area contributed by atoms with Gasteiger partial charge in [0.1, 0.15) is 11.6 Å². The van der Waals surface area contributed by atoms with Crippen molar-refractivity contribution in [2.45, 2.75) is 59.1 Å². The van der Waals surface area contributed by atoms with Crippen molar-refractivity contribution in [1.82, 2.24) is 24.6 Å². The number of aliphatic hydroxyl groups is 1. The highest BCUT2D eigenvalue weighted by atomic mass is 16.3. The number of aryl methyl sites for hydroxylation is 2. The number of hydrogen-bond acceptors (Lipinski definition) is 5. The molecule has 1 aromatic rings. The summed E-state index contributed by atoms with van der Waals surface area (Å²) in [5.74, 6) is 3.32. The van der Waals surface area contributed by atoms with Crippen LogP contribution in [0.3, 0.4) is 0 Å². The maximum atomic E-state index is 10.5. The number of piperidine rings is 2. The smallest absolute Gasteiger partial charge is 0.147 e. The molecule has 142 valence electrons. The number of rotatable bonds is 6. The van der Waals surface area contributed by atoms with Crippen molar-refractivity contribution in [3.63, 3.8) is 0 Å². The highest BCUT2D eigenvalue weighted by molar-refractivity contribution is 4.88. The summed E-state index contributed by atoms with van der Waals surface area (Å²) in [4.78, 5) is 9.29. The molecule has 0 radical (unpaired) electrons. The molecule has 2 aliphatic heterocycles. The average Bonchev–Trinajstić information content (AvgIpc) is 2.87. The molecule has 0 unspecified atom stereocenters. The third-order valence-corrected chi connectivity index (χ3v) is 5.81. The van der Waals surface area contributed by atoms with Gasteiger partial charge < -0.3 is 14.9 Å². The minimum absolute atomic E-state index is 0.234. The number of β-amino-alcohol motifs (C(OH)–C–C–N with tert-alkyl or cyclic N) is 1. The quantitative estimate of drug-likeness (QED) is 0.847. The molecule has 6 heteroatoms. The second-order valence-corrected chi connectivity index (χ2v) is 8.29. The zero-order valence-corrected chi connectivity index (χ0v) is 16.2. The SMILES string of the molecule is Cc1nc(C)n(C[C@H]2CCCN(C[C@H](O)CN3CCC(C)CC3)C2)n1. The van der Waals surface area contributed by atoms with Crippen LogP contribution in [0.1, 0.15) is 44.3 Å². The molecule has 3 heterocycles. The van der Waals surface area contributed by atoms with Gasteiger partial charge in [-0.1, -0.05) is 6.92 Å². The fraction of sp³-hybridized carbons (Fsp3) is 0.895. The predicted molar refractivity (Wildman–Crippen MR) is 99.5 cm³/mol. The molecule has 3 rings (SSSR count). The molecule has 0 aliphatic carbocycles. The van der Waals surface area contributed by atoms with Crippen LogP contribution in [-0.4, -0.2) is 75.0 Å². The van der Waals surface area contributed by atoms with E-state index < -0.39 is 0 Å². The lowest BCUT2D eigenvalue weighted by Crippen LogP contribution is -2.46. The van der Waals surface area contributed by atoms with Gasteiger partial charge in [0.05, 0.1) is 6.10 Å². The van der Waals surface area contributed by atoms with Gasteiger partial charge in [0.2, 0.25) is 0 Å². The van der Waals surface area contributed by atoms with Crippen LogP contribution in [0.4, 0.5) is 0 Å².